The molecule has 0 aliphatic carbocycles. The molecule has 0 aliphatic heterocycles. The lowest BCUT2D eigenvalue weighted by molar-refractivity contribution is -0.0806. The first kappa shape index (κ1) is 13.4. The van der Waals surface area contributed by atoms with E-state index in [1.54, 1.807) is 0 Å². The third-order valence-electron chi connectivity index (χ3n) is 0.950. The summed E-state index contributed by atoms with van der Waals surface area (Å²) in [4.78, 5) is 45.9. The summed E-state index contributed by atoms with van der Waals surface area (Å²) in [6.07, 6.45) is -1.69. The molecule has 0 rings (SSSR count). The maximum atomic E-state index is 11.0. The predicted molar refractivity (Wildman–Crippen MR) is 46.2 cm³/mol. The highest BCUT2D eigenvalue weighted by Gasteiger charge is 2.20. The SMILES string of the molecule is CCOC(=O)N(N=C=O)OC(=O)NC(N)=O. The number of nitrogens with two attached hydrogens (primary N) is 1. The number of primary amides is 1. The molecular weight excluding hydrogens is 224 g/mol. The molecule has 3 N–H and O–H groups in total. The maximum Gasteiger partial charge on any atom is 0.466 e. The highest BCUT2D eigenvalue weighted by molar-refractivity contribution is 5.89. The van der Waals surface area contributed by atoms with Crippen molar-refractivity contribution < 1.29 is 28.8 Å². The highest BCUT2D eigenvalue weighted by atomic mass is 16.8. The number of rotatable bonds is 2. The van der Waals surface area contributed by atoms with Gasteiger partial charge >= 0.3 is 18.2 Å². The van der Waals surface area contributed by atoms with E-state index < -0.39 is 18.2 Å². The van der Waals surface area contributed by atoms with Gasteiger partial charge in [0, 0.05) is 0 Å². The monoisotopic (exact) mass is 232 g/mol. The molecule has 0 aromatic heterocycles. The van der Waals surface area contributed by atoms with Gasteiger partial charge in [0.15, 0.2) is 0 Å². The molecule has 0 bridgehead atoms. The molecule has 0 fully saturated rings. The average Bonchev–Trinajstić information content (AvgIpc) is 2.16. The van der Waals surface area contributed by atoms with Crippen LogP contribution < -0.4 is 11.1 Å². The molecule has 0 radical (unpaired) electrons. The minimum absolute atomic E-state index is 0.0372. The van der Waals surface area contributed by atoms with Crippen LogP contribution in [-0.2, 0) is 14.4 Å². The lowest BCUT2D eigenvalue weighted by Crippen LogP contribution is -2.40. The minimum Gasteiger partial charge on any atom is -0.446 e. The second-order valence-corrected chi connectivity index (χ2v) is 2.03. The molecule has 0 aliphatic rings. The normalized spacial score (nSPS) is 8.31. The molecule has 0 unspecified atom stereocenters. The number of hydrazone groups is 1. The average molecular weight is 232 g/mol. The molecule has 0 spiro atoms. The molecule has 0 atom stereocenters. The van der Waals surface area contributed by atoms with E-state index in [4.69, 9.17) is 0 Å². The molecule has 0 saturated heterocycles. The Morgan fingerprint density at radius 2 is 2.12 bits per heavy atom. The Bertz CT molecular complexity index is 336. The second-order valence-electron chi connectivity index (χ2n) is 2.03. The number of nitrogens with one attached hydrogen (secondary N) is 1. The Morgan fingerprint density at radius 1 is 1.50 bits per heavy atom. The van der Waals surface area contributed by atoms with Crippen LogP contribution in [0.5, 0.6) is 0 Å². The highest BCUT2D eigenvalue weighted by Crippen LogP contribution is 1.96. The van der Waals surface area contributed by atoms with E-state index >= 15 is 0 Å². The van der Waals surface area contributed by atoms with Gasteiger partial charge in [0.1, 0.15) is 0 Å². The summed E-state index contributed by atoms with van der Waals surface area (Å²) in [5.41, 5.74) is 4.58. The van der Waals surface area contributed by atoms with Crippen LogP contribution >= 0.6 is 0 Å². The van der Waals surface area contributed by atoms with E-state index in [9.17, 15) is 19.2 Å². The van der Waals surface area contributed by atoms with Gasteiger partial charge in [-0.3, -0.25) is 4.84 Å². The van der Waals surface area contributed by atoms with Crippen molar-refractivity contribution in [3.8, 4) is 0 Å². The number of isocyanates is 1. The van der Waals surface area contributed by atoms with Gasteiger partial charge in [0.2, 0.25) is 0 Å². The van der Waals surface area contributed by atoms with Crippen LogP contribution in [0.1, 0.15) is 6.92 Å². The van der Waals surface area contributed by atoms with E-state index in [0.29, 0.717) is 0 Å². The summed E-state index contributed by atoms with van der Waals surface area (Å²) in [5, 5.41) is 4.09. The summed E-state index contributed by atoms with van der Waals surface area (Å²) in [6.45, 7) is 1.44. The van der Waals surface area contributed by atoms with Gasteiger partial charge in [-0.15, -0.1) is 0 Å². The van der Waals surface area contributed by atoms with Crippen molar-refractivity contribution >= 4 is 24.3 Å². The van der Waals surface area contributed by atoms with Crippen LogP contribution in [0.2, 0.25) is 0 Å². The van der Waals surface area contributed by atoms with Gasteiger partial charge in [-0.25, -0.2) is 24.5 Å². The van der Waals surface area contributed by atoms with Crippen molar-refractivity contribution in [2.75, 3.05) is 6.61 Å². The van der Waals surface area contributed by atoms with E-state index in [1.165, 1.54) is 12.2 Å². The smallest absolute Gasteiger partial charge is 0.446 e. The molecule has 0 heterocycles. The molecule has 4 amide bonds. The first-order valence-corrected chi connectivity index (χ1v) is 3.84. The number of carbonyl (C=O) groups is 3. The lowest BCUT2D eigenvalue weighted by Gasteiger charge is -2.12. The summed E-state index contributed by atoms with van der Waals surface area (Å²) >= 11 is 0. The number of imide groups is 1. The zero-order valence-electron chi connectivity index (χ0n) is 8.13. The van der Waals surface area contributed by atoms with Crippen LogP contribution in [0.15, 0.2) is 5.10 Å². The zero-order valence-corrected chi connectivity index (χ0v) is 8.13. The van der Waals surface area contributed by atoms with E-state index in [0.717, 1.165) is 6.08 Å². The zero-order chi connectivity index (χ0) is 12.6. The number of hydrogen-bond donors (Lipinski definition) is 2. The number of ether oxygens (including phenoxy) is 1. The number of amides is 4. The quantitative estimate of drug-likeness (QED) is 0.370. The van der Waals surface area contributed by atoms with Crippen molar-refractivity contribution in [1.82, 2.24) is 10.5 Å². The fourth-order valence-corrected chi connectivity index (χ4v) is 0.516. The van der Waals surface area contributed by atoms with Crippen LogP contribution in [-0.4, -0.2) is 36.1 Å². The van der Waals surface area contributed by atoms with Gasteiger partial charge in [0.25, 0.3) is 6.08 Å². The molecule has 16 heavy (non-hydrogen) atoms. The Morgan fingerprint density at radius 3 is 2.56 bits per heavy atom. The van der Waals surface area contributed by atoms with Gasteiger partial charge < -0.3 is 10.5 Å². The van der Waals surface area contributed by atoms with E-state index in [-0.39, 0.29) is 11.8 Å². The Hall–Kier alpha value is -2.61. The first-order valence-electron chi connectivity index (χ1n) is 3.84. The molecular formula is C6H8N4O6. The van der Waals surface area contributed by atoms with Gasteiger partial charge in [-0.1, -0.05) is 0 Å². The van der Waals surface area contributed by atoms with E-state index in [1.807, 2.05) is 0 Å². The number of hydroxylamine groups is 1. The molecule has 10 nitrogen and oxygen atoms in total. The number of nitrogens with zero attached hydrogens (tertiary/aromatic N) is 2. The summed E-state index contributed by atoms with van der Waals surface area (Å²) in [6, 6.07) is -1.20. The molecule has 88 valence electrons. The topological polar surface area (TPSA) is 140 Å². The third-order valence-corrected chi connectivity index (χ3v) is 0.950. The van der Waals surface area contributed by atoms with Crippen LogP contribution in [0.25, 0.3) is 0 Å². The molecule has 0 saturated carbocycles. The predicted octanol–water partition coefficient (Wildman–Crippen LogP) is -0.584. The van der Waals surface area contributed by atoms with Crippen molar-refractivity contribution in [1.29, 1.82) is 0 Å². The Kier molecular flexibility index (Phi) is 5.68. The van der Waals surface area contributed by atoms with Gasteiger partial charge in [0.05, 0.1) is 6.61 Å². The van der Waals surface area contributed by atoms with Crippen LogP contribution in [0.4, 0.5) is 14.4 Å². The number of carbonyl (C=O) groups excluding carboxylic acids is 4. The largest absolute Gasteiger partial charge is 0.466 e. The van der Waals surface area contributed by atoms with Crippen LogP contribution in [0, 0.1) is 0 Å². The Balaban J connectivity index is 4.44. The van der Waals surface area contributed by atoms with Crippen LogP contribution in [0.3, 0.4) is 0 Å². The molecule has 10 heteroatoms. The lowest BCUT2D eigenvalue weighted by atomic mass is 10.9. The second kappa shape index (κ2) is 6.79. The summed E-state index contributed by atoms with van der Waals surface area (Å²) < 4.78 is 4.36. The number of urea groups is 1. The molecule has 0 aromatic carbocycles. The van der Waals surface area contributed by atoms with Crippen molar-refractivity contribution in [3.63, 3.8) is 0 Å². The fourth-order valence-electron chi connectivity index (χ4n) is 0.516. The fraction of sp³-hybridized carbons (Fsp3) is 0.333. The molecule has 0 aromatic rings. The third kappa shape index (κ3) is 5.19. The van der Waals surface area contributed by atoms with Crippen molar-refractivity contribution in [3.05, 3.63) is 0 Å². The van der Waals surface area contributed by atoms with Crippen molar-refractivity contribution in [2.24, 2.45) is 10.8 Å². The summed E-state index contributed by atoms with van der Waals surface area (Å²) in [5.74, 6) is 0. The first-order chi connectivity index (χ1) is 7.51. The van der Waals surface area contributed by atoms with Gasteiger partial charge in [-0.05, 0) is 17.2 Å². The maximum absolute atomic E-state index is 11.0. The van der Waals surface area contributed by atoms with Crippen molar-refractivity contribution in [2.45, 2.75) is 6.92 Å². The summed E-state index contributed by atoms with van der Waals surface area (Å²) in [7, 11) is 0. The Labute approximate surface area is 88.9 Å². The standard InChI is InChI=1S/C6H8N4O6/c1-2-15-6(14)10(8-3-11)16-5(13)9-4(7)12/h2H2,1H3,(H3,7,9,12,13). The number of hydrogen-bond acceptors (Lipinski definition) is 7. The van der Waals surface area contributed by atoms with E-state index in [2.05, 4.69) is 20.4 Å². The minimum atomic E-state index is -1.40. The van der Waals surface area contributed by atoms with Gasteiger partial charge in [-0.2, -0.15) is 0 Å².